The van der Waals surface area contributed by atoms with Gasteiger partial charge in [0.1, 0.15) is 14.7 Å². The van der Waals surface area contributed by atoms with Gasteiger partial charge in [0.2, 0.25) is 0 Å². The first-order chi connectivity index (χ1) is 12.8. The zero-order chi connectivity index (χ0) is 19.6. The summed E-state index contributed by atoms with van der Waals surface area (Å²) in [5.41, 5.74) is 2.88. The smallest absolute Gasteiger partial charge is 0.263 e. The van der Waals surface area contributed by atoms with Crippen LogP contribution in [0.1, 0.15) is 5.56 Å². The molecule has 1 aromatic carbocycles. The van der Waals surface area contributed by atoms with E-state index in [1.165, 1.54) is 29.4 Å². The summed E-state index contributed by atoms with van der Waals surface area (Å²) in [5.74, 6) is 0.392. The van der Waals surface area contributed by atoms with Crippen molar-refractivity contribution >= 4 is 43.2 Å². The molecule has 8 heteroatoms. The predicted molar refractivity (Wildman–Crippen MR) is 115 cm³/mol. The molecule has 3 rings (SSSR count). The Labute approximate surface area is 166 Å². The first-order valence-corrected chi connectivity index (χ1v) is 12.2. The molecule has 27 heavy (non-hydrogen) atoms. The lowest BCUT2D eigenvalue weighted by atomic mass is 10.1. The minimum atomic E-state index is -3.06. The van der Waals surface area contributed by atoms with E-state index in [1.54, 1.807) is 10.6 Å². The van der Waals surface area contributed by atoms with Gasteiger partial charge in [-0.15, -0.1) is 17.9 Å². The van der Waals surface area contributed by atoms with Crippen molar-refractivity contribution in [1.82, 2.24) is 9.55 Å². The number of allylic oxidation sites excluding steroid dienone is 1. The molecule has 0 fully saturated rings. The molecule has 0 amide bonds. The lowest BCUT2D eigenvalue weighted by Gasteiger charge is -2.10. The van der Waals surface area contributed by atoms with Gasteiger partial charge in [0.05, 0.1) is 11.1 Å². The second kappa shape index (κ2) is 8.00. The zero-order valence-corrected chi connectivity index (χ0v) is 17.6. The number of aryl methyl sites for hydroxylation is 1. The van der Waals surface area contributed by atoms with E-state index in [0.29, 0.717) is 27.7 Å². The Bertz CT molecular complexity index is 1140. The van der Waals surface area contributed by atoms with E-state index in [0.717, 1.165) is 16.7 Å². The third-order valence-corrected chi connectivity index (χ3v) is 7.07. The van der Waals surface area contributed by atoms with Crippen molar-refractivity contribution in [3.63, 3.8) is 0 Å². The summed E-state index contributed by atoms with van der Waals surface area (Å²) >= 11 is 2.71. The van der Waals surface area contributed by atoms with Gasteiger partial charge in [-0.1, -0.05) is 47.7 Å². The van der Waals surface area contributed by atoms with Crippen LogP contribution in [0.2, 0.25) is 0 Å². The maximum atomic E-state index is 13.2. The Hall–Kier alpha value is -1.90. The third-order valence-electron chi connectivity index (χ3n) is 4.02. The number of sulfone groups is 1. The molecule has 2 heterocycles. The van der Waals surface area contributed by atoms with E-state index in [2.05, 4.69) is 11.6 Å². The van der Waals surface area contributed by atoms with Gasteiger partial charge in [0.25, 0.3) is 5.56 Å². The summed E-state index contributed by atoms with van der Waals surface area (Å²) in [6, 6.07) is 8.04. The van der Waals surface area contributed by atoms with Gasteiger partial charge < -0.3 is 0 Å². The van der Waals surface area contributed by atoms with Crippen LogP contribution < -0.4 is 5.56 Å². The second-order valence-corrected chi connectivity index (χ2v) is 10.5. The highest BCUT2D eigenvalue weighted by Gasteiger charge is 2.17. The summed E-state index contributed by atoms with van der Waals surface area (Å²) in [7, 11) is -3.06. The summed E-state index contributed by atoms with van der Waals surface area (Å²) in [5, 5.41) is 3.07. The monoisotopic (exact) mass is 420 g/mol. The number of benzene rings is 1. The van der Waals surface area contributed by atoms with Gasteiger partial charge in [0, 0.05) is 29.5 Å². The first kappa shape index (κ1) is 19.9. The minimum Gasteiger partial charge on any atom is -0.283 e. The summed E-state index contributed by atoms with van der Waals surface area (Å²) in [6.45, 7) is 6.07. The average Bonchev–Trinajstić information content (AvgIpc) is 3.02. The van der Waals surface area contributed by atoms with E-state index >= 15 is 0 Å². The number of aromatic nitrogens is 2. The fourth-order valence-electron chi connectivity index (χ4n) is 2.64. The topological polar surface area (TPSA) is 69.0 Å². The number of thiophene rings is 1. The zero-order valence-electron chi connectivity index (χ0n) is 15.1. The van der Waals surface area contributed by atoms with Gasteiger partial charge in [-0.2, -0.15) is 0 Å². The van der Waals surface area contributed by atoms with E-state index in [-0.39, 0.29) is 11.3 Å². The van der Waals surface area contributed by atoms with Crippen molar-refractivity contribution < 1.29 is 8.42 Å². The molecule has 142 valence electrons. The van der Waals surface area contributed by atoms with Crippen LogP contribution in [0.5, 0.6) is 0 Å². The van der Waals surface area contributed by atoms with Crippen molar-refractivity contribution in [2.45, 2.75) is 18.6 Å². The van der Waals surface area contributed by atoms with Crippen molar-refractivity contribution in [3.05, 3.63) is 58.2 Å². The molecule has 2 aromatic heterocycles. The highest BCUT2D eigenvalue weighted by atomic mass is 32.2. The Morgan fingerprint density at radius 2 is 2.00 bits per heavy atom. The van der Waals surface area contributed by atoms with Crippen molar-refractivity contribution in [3.8, 4) is 11.1 Å². The molecule has 5 nitrogen and oxygen atoms in total. The number of nitrogens with zero attached hydrogens (tertiary/aromatic N) is 2. The summed E-state index contributed by atoms with van der Waals surface area (Å²) in [4.78, 5) is 18.5. The lowest BCUT2D eigenvalue weighted by Crippen LogP contribution is -2.23. The minimum absolute atomic E-state index is 0.0404. The number of fused-ring (bicyclic) bond motifs is 1. The van der Waals surface area contributed by atoms with Crippen LogP contribution in [-0.4, -0.2) is 35.7 Å². The normalized spacial score (nSPS) is 11.8. The lowest BCUT2D eigenvalue weighted by molar-refractivity contribution is 0.603. The van der Waals surface area contributed by atoms with Gasteiger partial charge in [0.15, 0.2) is 5.16 Å². The van der Waals surface area contributed by atoms with Gasteiger partial charge in [-0.3, -0.25) is 9.36 Å². The van der Waals surface area contributed by atoms with E-state index in [9.17, 15) is 13.2 Å². The maximum absolute atomic E-state index is 13.2. The second-order valence-electron chi connectivity index (χ2n) is 6.27. The molecule has 0 atom stereocenters. The highest BCUT2D eigenvalue weighted by molar-refractivity contribution is 8.00. The predicted octanol–water partition coefficient (Wildman–Crippen LogP) is 3.76. The van der Waals surface area contributed by atoms with Crippen molar-refractivity contribution in [1.29, 1.82) is 0 Å². The standard InChI is InChI=1S/C19H20N2O3S3/c1-4-9-21-18(22)16-15(14-7-5-13(2)6-8-14)12-26-17(16)20-19(21)25-10-11-27(3,23)24/h4-8,12H,1,9-11H2,2-3H3. The van der Waals surface area contributed by atoms with Crippen LogP contribution >= 0.6 is 23.1 Å². The largest absolute Gasteiger partial charge is 0.283 e. The van der Waals surface area contributed by atoms with E-state index in [1.807, 2.05) is 36.6 Å². The molecule has 0 aliphatic carbocycles. The third kappa shape index (κ3) is 4.51. The van der Waals surface area contributed by atoms with E-state index in [4.69, 9.17) is 0 Å². The van der Waals surface area contributed by atoms with Crippen LogP contribution in [-0.2, 0) is 16.4 Å². The number of rotatable bonds is 7. The molecule has 0 aliphatic heterocycles. The summed E-state index contributed by atoms with van der Waals surface area (Å²) in [6.07, 6.45) is 2.85. The van der Waals surface area contributed by atoms with E-state index < -0.39 is 9.84 Å². The molecule has 0 unspecified atom stereocenters. The highest BCUT2D eigenvalue weighted by Crippen LogP contribution is 2.32. The molecule has 0 radical (unpaired) electrons. The van der Waals surface area contributed by atoms with Crippen LogP contribution in [0.4, 0.5) is 0 Å². The van der Waals surface area contributed by atoms with Crippen molar-refractivity contribution in [2.75, 3.05) is 17.8 Å². The Kier molecular flexibility index (Phi) is 5.88. The maximum Gasteiger partial charge on any atom is 0.263 e. The quantitative estimate of drug-likeness (QED) is 0.331. The molecule has 0 bridgehead atoms. The van der Waals surface area contributed by atoms with Gasteiger partial charge in [-0.25, -0.2) is 13.4 Å². The van der Waals surface area contributed by atoms with Crippen LogP contribution in [0, 0.1) is 6.92 Å². The molecule has 0 aliphatic rings. The number of thioether (sulfide) groups is 1. The fourth-order valence-corrected chi connectivity index (χ4v) is 5.83. The molecule has 3 aromatic rings. The van der Waals surface area contributed by atoms with Crippen molar-refractivity contribution in [2.24, 2.45) is 0 Å². The molecule has 0 saturated heterocycles. The van der Waals surface area contributed by atoms with Crippen LogP contribution in [0.25, 0.3) is 21.3 Å². The first-order valence-electron chi connectivity index (χ1n) is 8.30. The molecule has 0 spiro atoms. The molecular weight excluding hydrogens is 400 g/mol. The average molecular weight is 421 g/mol. The Morgan fingerprint density at radius 3 is 2.63 bits per heavy atom. The Balaban J connectivity index is 2.09. The fraction of sp³-hybridized carbons (Fsp3) is 0.263. The van der Waals surface area contributed by atoms with Gasteiger partial charge >= 0.3 is 0 Å². The SMILES string of the molecule is C=CCn1c(SCCS(C)(=O)=O)nc2scc(-c3ccc(C)cc3)c2c1=O. The Morgan fingerprint density at radius 1 is 1.30 bits per heavy atom. The molecule has 0 saturated carbocycles. The number of hydrogen-bond donors (Lipinski definition) is 0. The number of hydrogen-bond acceptors (Lipinski definition) is 6. The van der Waals surface area contributed by atoms with Crippen LogP contribution in [0.3, 0.4) is 0 Å². The molecular formula is C19H20N2O3S3. The summed E-state index contributed by atoms with van der Waals surface area (Å²) < 4.78 is 24.3. The van der Waals surface area contributed by atoms with Gasteiger partial charge in [-0.05, 0) is 12.5 Å². The van der Waals surface area contributed by atoms with Crippen LogP contribution in [0.15, 0.2) is 52.3 Å². The molecule has 0 N–H and O–H groups in total.